The zero-order chi connectivity index (χ0) is 27.5. The first-order chi connectivity index (χ1) is 19.0. The van der Waals surface area contributed by atoms with Gasteiger partial charge in [-0.1, -0.05) is 91.0 Å². The predicted octanol–water partition coefficient (Wildman–Crippen LogP) is 3.82. The summed E-state index contributed by atoms with van der Waals surface area (Å²) < 4.78 is 30.2. The van der Waals surface area contributed by atoms with Crippen molar-refractivity contribution in [2.75, 3.05) is 13.7 Å². The van der Waals surface area contributed by atoms with Crippen LogP contribution in [-0.4, -0.2) is 56.1 Å². The molecule has 1 amide bonds. The number of carbonyl (C=O) groups excluding carboxylic acids is 2. The number of rotatable bonds is 12. The van der Waals surface area contributed by atoms with Crippen molar-refractivity contribution >= 4 is 11.9 Å². The molecule has 206 valence electrons. The van der Waals surface area contributed by atoms with Crippen LogP contribution in [0.3, 0.4) is 0 Å². The molecular weight excluding hydrogens is 498 g/mol. The minimum atomic E-state index is -1.11. The summed E-state index contributed by atoms with van der Waals surface area (Å²) in [6.45, 7) is 2.42. The summed E-state index contributed by atoms with van der Waals surface area (Å²) in [6.07, 6.45) is -3.18. The summed E-state index contributed by atoms with van der Waals surface area (Å²) in [5.74, 6) is -0.942. The fraction of sp³-hybridized carbons (Fsp3) is 0.355. The van der Waals surface area contributed by atoms with Gasteiger partial charge in [0.25, 0.3) is 0 Å². The van der Waals surface area contributed by atoms with Gasteiger partial charge >= 0.3 is 5.97 Å². The Bertz CT molecular complexity index is 1160. The summed E-state index contributed by atoms with van der Waals surface area (Å²) >= 11 is 0. The van der Waals surface area contributed by atoms with E-state index in [2.05, 4.69) is 5.32 Å². The molecule has 3 unspecified atom stereocenters. The zero-order valence-electron chi connectivity index (χ0n) is 22.2. The van der Waals surface area contributed by atoms with Gasteiger partial charge in [0, 0.05) is 6.92 Å². The van der Waals surface area contributed by atoms with E-state index >= 15 is 0 Å². The normalized spacial score (nSPS) is 22.7. The molecule has 1 aliphatic heterocycles. The molecule has 3 aromatic rings. The van der Waals surface area contributed by atoms with Gasteiger partial charge in [-0.15, -0.1) is 0 Å². The highest BCUT2D eigenvalue weighted by atomic mass is 16.6. The third-order valence-corrected chi connectivity index (χ3v) is 6.46. The van der Waals surface area contributed by atoms with Crippen LogP contribution in [0.4, 0.5) is 0 Å². The van der Waals surface area contributed by atoms with Gasteiger partial charge in [0.2, 0.25) is 5.91 Å². The highest BCUT2D eigenvalue weighted by Gasteiger charge is 2.51. The first-order valence-corrected chi connectivity index (χ1v) is 13.0. The Labute approximate surface area is 229 Å². The molecule has 1 aliphatic rings. The second-order valence-corrected chi connectivity index (χ2v) is 9.37. The molecule has 4 rings (SSSR count). The molecule has 0 radical (unpaired) electrons. The number of ether oxygens (including phenoxy) is 5. The summed E-state index contributed by atoms with van der Waals surface area (Å²) in [4.78, 5) is 25.1. The van der Waals surface area contributed by atoms with Gasteiger partial charge in [0.15, 0.2) is 6.10 Å². The number of benzene rings is 3. The third-order valence-electron chi connectivity index (χ3n) is 6.46. The average Bonchev–Trinajstić information content (AvgIpc) is 2.97. The molecule has 0 saturated carbocycles. The second kappa shape index (κ2) is 14.6. The van der Waals surface area contributed by atoms with Gasteiger partial charge in [-0.3, -0.25) is 4.79 Å². The molecule has 8 heteroatoms. The largest absolute Gasteiger partial charge is 0.467 e. The van der Waals surface area contributed by atoms with Crippen LogP contribution in [0, 0.1) is 0 Å². The number of nitrogens with one attached hydrogen (secondary N) is 1. The van der Waals surface area contributed by atoms with Crippen LogP contribution in [0.2, 0.25) is 0 Å². The molecule has 1 saturated heterocycles. The van der Waals surface area contributed by atoms with Gasteiger partial charge in [-0.25, -0.2) is 4.79 Å². The van der Waals surface area contributed by atoms with Gasteiger partial charge in [-0.05, 0) is 16.7 Å². The van der Waals surface area contributed by atoms with Gasteiger partial charge in [0.1, 0.15) is 18.3 Å². The molecule has 3 aromatic carbocycles. The lowest BCUT2D eigenvalue weighted by molar-refractivity contribution is -0.236. The maximum atomic E-state index is 12.9. The minimum Gasteiger partial charge on any atom is -0.467 e. The number of esters is 1. The van der Waals surface area contributed by atoms with E-state index in [9.17, 15) is 9.59 Å². The van der Waals surface area contributed by atoms with Gasteiger partial charge in [-0.2, -0.15) is 0 Å². The Morgan fingerprint density at radius 1 is 0.744 bits per heavy atom. The zero-order valence-corrected chi connectivity index (χ0v) is 22.2. The summed E-state index contributed by atoms with van der Waals surface area (Å²) in [5.41, 5.74) is 2.92. The first-order valence-electron chi connectivity index (χ1n) is 13.0. The van der Waals surface area contributed by atoms with E-state index in [-0.39, 0.29) is 25.7 Å². The molecule has 1 fully saturated rings. The molecule has 1 N–H and O–H groups in total. The molecule has 1 heterocycles. The van der Waals surface area contributed by atoms with Crippen molar-refractivity contribution < 1.29 is 33.3 Å². The molecule has 5 atom stereocenters. The van der Waals surface area contributed by atoms with Crippen LogP contribution < -0.4 is 5.32 Å². The lowest BCUT2D eigenvalue weighted by atomic mass is 9.91. The first kappa shape index (κ1) is 28.4. The lowest BCUT2D eigenvalue weighted by Crippen LogP contribution is -2.67. The monoisotopic (exact) mass is 533 g/mol. The Morgan fingerprint density at radius 3 is 1.72 bits per heavy atom. The molecule has 39 heavy (non-hydrogen) atoms. The minimum absolute atomic E-state index is 0.139. The Hall–Kier alpha value is -3.56. The molecule has 0 bridgehead atoms. The van der Waals surface area contributed by atoms with Crippen molar-refractivity contribution in [3.05, 3.63) is 108 Å². The van der Waals surface area contributed by atoms with Crippen LogP contribution in [0.5, 0.6) is 0 Å². The van der Waals surface area contributed by atoms with E-state index in [1.807, 2.05) is 91.0 Å². The van der Waals surface area contributed by atoms with E-state index in [0.717, 1.165) is 16.7 Å². The highest BCUT2D eigenvalue weighted by Crippen LogP contribution is 2.29. The lowest BCUT2D eigenvalue weighted by Gasteiger charge is -2.45. The number of amides is 1. The topological polar surface area (TPSA) is 92.3 Å². The van der Waals surface area contributed by atoms with Crippen molar-refractivity contribution in [3.8, 4) is 0 Å². The van der Waals surface area contributed by atoms with Crippen LogP contribution in [0.15, 0.2) is 91.0 Å². The maximum absolute atomic E-state index is 12.9. The predicted molar refractivity (Wildman–Crippen MR) is 144 cm³/mol. The second-order valence-electron chi connectivity index (χ2n) is 9.37. The molecule has 0 spiro atoms. The third kappa shape index (κ3) is 8.21. The van der Waals surface area contributed by atoms with Crippen molar-refractivity contribution in [1.29, 1.82) is 0 Å². The molecular formula is C31H35NO7. The number of carbonyl (C=O) groups is 2. The van der Waals surface area contributed by atoms with Crippen LogP contribution >= 0.6 is 0 Å². The Morgan fingerprint density at radius 2 is 1.23 bits per heavy atom. The van der Waals surface area contributed by atoms with Gasteiger partial charge in [0.05, 0.1) is 39.6 Å². The van der Waals surface area contributed by atoms with Crippen LogP contribution in [0.1, 0.15) is 23.6 Å². The van der Waals surface area contributed by atoms with Crippen molar-refractivity contribution in [2.45, 2.75) is 57.2 Å². The fourth-order valence-electron chi connectivity index (χ4n) is 4.58. The van der Waals surface area contributed by atoms with E-state index in [1.165, 1.54) is 14.0 Å². The highest BCUT2D eigenvalue weighted by molar-refractivity contribution is 5.79. The Balaban J connectivity index is 1.61. The van der Waals surface area contributed by atoms with Crippen molar-refractivity contribution in [2.24, 2.45) is 0 Å². The summed E-state index contributed by atoms with van der Waals surface area (Å²) in [6, 6.07) is 28.4. The van der Waals surface area contributed by atoms with Crippen molar-refractivity contribution in [3.63, 3.8) is 0 Å². The number of methoxy groups -OCH3 is 1. The molecule has 8 nitrogen and oxygen atoms in total. The van der Waals surface area contributed by atoms with Crippen LogP contribution in [0.25, 0.3) is 0 Å². The van der Waals surface area contributed by atoms with E-state index < -0.39 is 36.4 Å². The van der Waals surface area contributed by atoms with E-state index in [4.69, 9.17) is 23.7 Å². The summed E-state index contributed by atoms with van der Waals surface area (Å²) in [5, 5.41) is 2.85. The smallest absolute Gasteiger partial charge is 0.337 e. The number of hydrogen-bond donors (Lipinski definition) is 1. The molecule has 0 aliphatic carbocycles. The Kier molecular flexibility index (Phi) is 10.6. The average molecular weight is 534 g/mol. The maximum Gasteiger partial charge on any atom is 0.337 e. The van der Waals surface area contributed by atoms with Crippen molar-refractivity contribution in [1.82, 2.24) is 5.32 Å². The quantitative estimate of drug-likeness (QED) is 0.354. The fourth-order valence-corrected chi connectivity index (χ4v) is 4.58. The van der Waals surface area contributed by atoms with E-state index in [0.29, 0.717) is 6.61 Å². The molecule has 0 aromatic heterocycles. The SMILES string of the molecule is COC(=O)[C@H]1OC(COCc2ccccc2)[C@@H](OCc2ccccc2)C(OCc2ccccc2)C1NC(C)=O. The summed E-state index contributed by atoms with van der Waals surface area (Å²) in [7, 11) is 1.29. The number of hydrogen-bond acceptors (Lipinski definition) is 7. The van der Waals surface area contributed by atoms with E-state index in [1.54, 1.807) is 0 Å². The van der Waals surface area contributed by atoms with Crippen LogP contribution in [-0.2, 0) is 53.1 Å². The van der Waals surface area contributed by atoms with Gasteiger partial charge < -0.3 is 29.0 Å². The standard InChI is InChI=1S/C31H35NO7/c1-22(33)32-27-29(38-20-25-16-10-5-11-17-25)28(37-19-24-14-8-4-9-15-24)26(39-30(27)31(34)35-2)21-36-18-23-12-6-3-7-13-23/h3-17,26-30H,18-21H2,1-2H3,(H,32,33)/t26?,27?,28-,29?,30+/m1/s1.